The molecule has 2 rings (SSSR count). The molecule has 0 bridgehead atoms. The van der Waals surface area contributed by atoms with Crippen molar-refractivity contribution in [3.63, 3.8) is 0 Å². The van der Waals surface area contributed by atoms with E-state index in [-0.39, 0.29) is 5.91 Å². The van der Waals surface area contributed by atoms with Crippen LogP contribution in [0.2, 0.25) is 5.02 Å². The maximum Gasteiger partial charge on any atom is 0.232 e. The summed E-state index contributed by atoms with van der Waals surface area (Å²) in [5.41, 5.74) is 2.21. The Kier molecular flexibility index (Phi) is 8.11. The van der Waals surface area contributed by atoms with Crippen LogP contribution in [0.1, 0.15) is 43.7 Å². The van der Waals surface area contributed by atoms with Crippen LogP contribution in [0.4, 0.5) is 0 Å². The number of halogens is 1. The quantitative estimate of drug-likeness (QED) is 0.634. The number of nitrogens with zero attached hydrogens (tertiary/aromatic N) is 2. The number of carbonyl (C=O) groups excluding carboxylic acids is 1. The van der Waals surface area contributed by atoms with Crippen molar-refractivity contribution in [1.29, 1.82) is 0 Å². The number of rotatable bonds is 7. The maximum atomic E-state index is 12.5. The number of aryl methyl sites for hydroxylation is 2. The molecular formula is C20H31ClN2OS. The van der Waals surface area contributed by atoms with E-state index in [1.54, 1.807) is 11.8 Å². The largest absolute Gasteiger partial charge is 0.342 e. The number of benzene rings is 1. The molecule has 0 aliphatic carbocycles. The maximum absolute atomic E-state index is 12.5. The van der Waals surface area contributed by atoms with Crippen molar-refractivity contribution < 1.29 is 4.79 Å². The number of likely N-dealkylation sites (tertiary alicyclic amines) is 1. The minimum absolute atomic E-state index is 0.256. The first-order chi connectivity index (χ1) is 11.9. The number of piperidine rings is 1. The molecule has 0 radical (unpaired) electrons. The lowest BCUT2D eigenvalue weighted by Crippen LogP contribution is -2.46. The Bertz CT molecular complexity index is 585. The molecule has 0 saturated carbocycles. The Morgan fingerprint density at radius 1 is 1.28 bits per heavy atom. The molecule has 1 aromatic carbocycles. The summed E-state index contributed by atoms with van der Waals surface area (Å²) in [5.74, 6) is 0.768. The van der Waals surface area contributed by atoms with Gasteiger partial charge in [-0.05, 0) is 70.0 Å². The van der Waals surface area contributed by atoms with Gasteiger partial charge in [0.15, 0.2) is 0 Å². The van der Waals surface area contributed by atoms with Gasteiger partial charge >= 0.3 is 0 Å². The molecule has 0 N–H and O–H groups in total. The second-order valence-electron chi connectivity index (χ2n) is 7.10. The average molecular weight is 383 g/mol. The zero-order valence-electron chi connectivity index (χ0n) is 16.0. The highest BCUT2D eigenvalue weighted by Gasteiger charge is 2.25. The van der Waals surface area contributed by atoms with Crippen molar-refractivity contribution in [3.8, 4) is 0 Å². The average Bonchev–Trinajstić information content (AvgIpc) is 2.61. The highest BCUT2D eigenvalue weighted by atomic mass is 35.5. The summed E-state index contributed by atoms with van der Waals surface area (Å²) >= 11 is 7.78. The van der Waals surface area contributed by atoms with Crippen LogP contribution in [0.25, 0.3) is 0 Å². The Labute approximate surface area is 162 Å². The molecule has 1 saturated heterocycles. The molecule has 1 aliphatic heterocycles. The number of hydrogen-bond acceptors (Lipinski definition) is 3. The summed E-state index contributed by atoms with van der Waals surface area (Å²) in [6, 6.07) is 4.70. The molecule has 1 fully saturated rings. The molecule has 1 heterocycles. The molecule has 3 nitrogen and oxygen atoms in total. The molecular weight excluding hydrogens is 352 g/mol. The van der Waals surface area contributed by atoms with Crippen LogP contribution in [0.3, 0.4) is 0 Å². The van der Waals surface area contributed by atoms with Crippen molar-refractivity contribution in [3.05, 3.63) is 28.3 Å². The fourth-order valence-electron chi connectivity index (χ4n) is 3.29. The van der Waals surface area contributed by atoms with Gasteiger partial charge in [0, 0.05) is 29.0 Å². The molecule has 25 heavy (non-hydrogen) atoms. The van der Waals surface area contributed by atoms with E-state index < -0.39 is 0 Å². The van der Waals surface area contributed by atoms with Gasteiger partial charge in [0.05, 0.1) is 5.75 Å². The minimum Gasteiger partial charge on any atom is -0.342 e. The lowest BCUT2D eigenvalue weighted by atomic mass is 10.0. The van der Waals surface area contributed by atoms with Gasteiger partial charge < -0.3 is 9.80 Å². The lowest BCUT2D eigenvalue weighted by molar-refractivity contribution is -0.129. The van der Waals surface area contributed by atoms with Gasteiger partial charge in [-0.25, -0.2) is 0 Å². The fraction of sp³-hybridized carbons (Fsp3) is 0.650. The van der Waals surface area contributed by atoms with Crippen LogP contribution < -0.4 is 0 Å². The van der Waals surface area contributed by atoms with E-state index >= 15 is 0 Å². The van der Waals surface area contributed by atoms with Crippen molar-refractivity contribution in [1.82, 2.24) is 9.80 Å². The Morgan fingerprint density at radius 2 is 1.96 bits per heavy atom. The molecule has 0 spiro atoms. The van der Waals surface area contributed by atoms with E-state index in [4.69, 9.17) is 11.6 Å². The van der Waals surface area contributed by atoms with Gasteiger partial charge in [-0.1, -0.05) is 24.9 Å². The standard InChI is InChI=1S/C20H31ClN2OS/c1-5-6-9-22(4)17-7-10-23(11-8-17)20(24)14-25-19-13-15(2)18(21)12-16(19)3/h12-13,17H,5-11,14H2,1-4H3. The van der Waals surface area contributed by atoms with Crippen LogP contribution in [-0.4, -0.2) is 54.2 Å². The van der Waals surface area contributed by atoms with Crippen LogP contribution in [-0.2, 0) is 4.79 Å². The van der Waals surface area contributed by atoms with Gasteiger partial charge in [0.1, 0.15) is 0 Å². The van der Waals surface area contributed by atoms with Gasteiger partial charge in [0.25, 0.3) is 0 Å². The first kappa shape index (κ1) is 20.6. The van der Waals surface area contributed by atoms with E-state index in [0.717, 1.165) is 47.0 Å². The summed E-state index contributed by atoms with van der Waals surface area (Å²) in [5, 5.41) is 0.794. The highest BCUT2D eigenvalue weighted by Crippen LogP contribution is 2.28. The lowest BCUT2D eigenvalue weighted by Gasteiger charge is -2.36. The van der Waals surface area contributed by atoms with Gasteiger partial charge in [-0.2, -0.15) is 0 Å². The van der Waals surface area contributed by atoms with Crippen LogP contribution in [0.15, 0.2) is 17.0 Å². The number of amides is 1. The van der Waals surface area contributed by atoms with Crippen molar-refractivity contribution in [2.45, 2.75) is 57.4 Å². The van der Waals surface area contributed by atoms with Crippen LogP contribution in [0, 0.1) is 13.8 Å². The molecule has 5 heteroatoms. The van der Waals surface area contributed by atoms with Crippen LogP contribution in [0.5, 0.6) is 0 Å². The molecule has 1 aromatic rings. The monoisotopic (exact) mass is 382 g/mol. The van der Waals surface area contributed by atoms with Crippen molar-refractivity contribution >= 4 is 29.3 Å². The van der Waals surface area contributed by atoms with E-state index in [2.05, 4.69) is 31.9 Å². The highest BCUT2D eigenvalue weighted by molar-refractivity contribution is 8.00. The summed E-state index contributed by atoms with van der Waals surface area (Å²) in [7, 11) is 2.22. The first-order valence-corrected chi connectivity index (χ1v) is 10.7. The van der Waals surface area contributed by atoms with Gasteiger partial charge in [-0.15, -0.1) is 11.8 Å². The zero-order chi connectivity index (χ0) is 18.4. The number of carbonyl (C=O) groups is 1. The van der Waals surface area contributed by atoms with Gasteiger partial charge in [0.2, 0.25) is 5.91 Å². The Hall–Kier alpha value is -0.710. The molecule has 0 atom stereocenters. The first-order valence-electron chi connectivity index (χ1n) is 9.30. The molecule has 140 valence electrons. The predicted molar refractivity (Wildman–Crippen MR) is 109 cm³/mol. The number of thioether (sulfide) groups is 1. The number of unbranched alkanes of at least 4 members (excludes halogenated alkanes) is 1. The van der Waals surface area contributed by atoms with Crippen LogP contribution >= 0.6 is 23.4 Å². The van der Waals surface area contributed by atoms with E-state index in [0.29, 0.717) is 11.8 Å². The normalized spacial score (nSPS) is 15.8. The topological polar surface area (TPSA) is 23.6 Å². The third kappa shape index (κ3) is 5.90. The second-order valence-corrected chi connectivity index (χ2v) is 8.53. The smallest absolute Gasteiger partial charge is 0.232 e. The Balaban J connectivity index is 1.80. The SMILES string of the molecule is CCCCN(C)C1CCN(C(=O)CSc2cc(C)c(Cl)cc2C)CC1. The van der Waals surface area contributed by atoms with Crippen molar-refractivity contribution in [2.75, 3.05) is 32.4 Å². The third-order valence-electron chi connectivity index (χ3n) is 5.11. The third-order valence-corrected chi connectivity index (χ3v) is 6.66. The minimum atomic E-state index is 0.256. The summed E-state index contributed by atoms with van der Waals surface area (Å²) in [6.45, 7) is 9.23. The Morgan fingerprint density at radius 3 is 2.60 bits per heavy atom. The summed E-state index contributed by atoms with van der Waals surface area (Å²) < 4.78 is 0. The van der Waals surface area contributed by atoms with E-state index in [1.165, 1.54) is 19.4 Å². The van der Waals surface area contributed by atoms with Gasteiger partial charge in [-0.3, -0.25) is 4.79 Å². The summed E-state index contributed by atoms with van der Waals surface area (Å²) in [6.07, 6.45) is 4.68. The summed E-state index contributed by atoms with van der Waals surface area (Å²) in [4.78, 5) is 18.2. The molecule has 1 aliphatic rings. The number of hydrogen-bond donors (Lipinski definition) is 0. The van der Waals surface area contributed by atoms with Crippen molar-refractivity contribution in [2.24, 2.45) is 0 Å². The predicted octanol–water partition coefficient (Wildman–Crippen LogP) is 4.77. The van der Waals surface area contributed by atoms with E-state index in [9.17, 15) is 4.79 Å². The van der Waals surface area contributed by atoms with E-state index in [1.807, 2.05) is 17.9 Å². The molecule has 1 amide bonds. The second kappa shape index (κ2) is 9.84. The molecule has 0 unspecified atom stereocenters. The zero-order valence-corrected chi connectivity index (χ0v) is 17.6. The molecule has 0 aromatic heterocycles. The fourth-order valence-corrected chi connectivity index (χ4v) is 4.51.